The Hall–Kier alpha value is -2.32. The number of carbonyl (C=O) groups is 2. The van der Waals surface area contributed by atoms with E-state index in [2.05, 4.69) is 24.0 Å². The molecule has 2 heterocycles. The van der Waals surface area contributed by atoms with Gasteiger partial charge < -0.3 is 9.64 Å². The molecule has 0 fully saturated rings. The van der Waals surface area contributed by atoms with Crippen molar-refractivity contribution in [2.24, 2.45) is 0 Å². The van der Waals surface area contributed by atoms with Gasteiger partial charge in [-0.3, -0.25) is 14.2 Å². The number of nitrogens with zero attached hydrogens (tertiary/aromatic N) is 2. The summed E-state index contributed by atoms with van der Waals surface area (Å²) in [6.45, 7) is 9.20. The van der Waals surface area contributed by atoms with Gasteiger partial charge >= 0.3 is 5.97 Å². The van der Waals surface area contributed by atoms with Crippen LogP contribution >= 0.6 is 23.1 Å². The number of fused-ring (bicyclic) bond motifs is 1. The average Bonchev–Trinajstić information content (AvgIpc) is 3.42. The number of ketones is 1. The van der Waals surface area contributed by atoms with Crippen LogP contribution in [0.15, 0.2) is 34.0 Å². The Labute approximate surface area is 228 Å². The Morgan fingerprint density at radius 1 is 0.919 bits per heavy atom. The highest BCUT2D eigenvalue weighted by Gasteiger charge is 2.29. The van der Waals surface area contributed by atoms with Crippen molar-refractivity contribution in [3.63, 3.8) is 0 Å². The molecule has 1 aliphatic rings. The molecule has 37 heavy (non-hydrogen) atoms. The Morgan fingerprint density at radius 2 is 1.62 bits per heavy atom. The standard InChI is InChI=1S/C29H40N2O4S2/c1-5-9-11-12-13-16-20-31-21-17-14-15-19-23(21)36-28(31)25-26(33)30(7-3)27(37-25)24(29(34)35-8-4)22(32)18-10-6-2/h14-15,17,19H,5-13,16,18,20H2,1-4H3. The summed E-state index contributed by atoms with van der Waals surface area (Å²) in [7, 11) is 0. The maximum atomic E-state index is 13.7. The lowest BCUT2D eigenvalue weighted by atomic mass is 10.1. The molecule has 1 aromatic heterocycles. The fourth-order valence-corrected chi connectivity index (χ4v) is 7.06. The molecule has 8 heteroatoms. The lowest BCUT2D eigenvalue weighted by molar-refractivity contribution is -0.137. The van der Waals surface area contributed by atoms with Gasteiger partial charge in [-0.1, -0.05) is 76.3 Å². The van der Waals surface area contributed by atoms with Gasteiger partial charge in [0.05, 0.1) is 12.3 Å². The smallest absolute Gasteiger partial charge is 0.344 e. The van der Waals surface area contributed by atoms with Crippen molar-refractivity contribution in [2.45, 2.75) is 96.9 Å². The maximum absolute atomic E-state index is 13.7. The summed E-state index contributed by atoms with van der Waals surface area (Å²) in [6.07, 6.45) is 8.95. The van der Waals surface area contributed by atoms with E-state index in [0.29, 0.717) is 22.2 Å². The van der Waals surface area contributed by atoms with E-state index in [1.54, 1.807) is 23.3 Å². The second-order valence-corrected chi connectivity index (χ2v) is 11.2. The molecule has 0 spiro atoms. The van der Waals surface area contributed by atoms with Gasteiger partial charge in [0.1, 0.15) is 19.8 Å². The second kappa shape index (κ2) is 14.6. The minimum absolute atomic E-state index is 0.00841. The number of para-hydroxylation sites is 1. The van der Waals surface area contributed by atoms with Gasteiger partial charge in [-0.05, 0) is 38.8 Å². The van der Waals surface area contributed by atoms with Crippen LogP contribution in [0.3, 0.4) is 0 Å². The first-order chi connectivity index (χ1) is 18.0. The number of rotatable bonds is 14. The number of hydrogen-bond donors (Lipinski definition) is 0. The molecule has 0 bridgehead atoms. The summed E-state index contributed by atoms with van der Waals surface area (Å²) in [5, 5.41) is 0.891. The highest BCUT2D eigenvalue weighted by molar-refractivity contribution is 8.08. The molecular formula is C29H40N2O4S2. The molecule has 0 unspecified atom stereocenters. The van der Waals surface area contributed by atoms with Crippen LogP contribution in [0.2, 0.25) is 0 Å². The normalized spacial score (nSPS) is 15.1. The summed E-state index contributed by atoms with van der Waals surface area (Å²) in [6, 6.07) is 8.23. The summed E-state index contributed by atoms with van der Waals surface area (Å²) in [4.78, 5) is 43.2. The van der Waals surface area contributed by atoms with Gasteiger partial charge in [-0.25, -0.2) is 4.79 Å². The first-order valence-corrected chi connectivity index (χ1v) is 15.3. The minimum atomic E-state index is -0.644. The number of benzene rings is 1. The largest absolute Gasteiger partial charge is 0.462 e. The van der Waals surface area contributed by atoms with Gasteiger partial charge in [0.2, 0.25) is 0 Å². The number of aromatic nitrogens is 1. The van der Waals surface area contributed by atoms with Crippen LogP contribution in [0.5, 0.6) is 0 Å². The quantitative estimate of drug-likeness (QED) is 0.179. The molecule has 1 aliphatic heterocycles. The van der Waals surface area contributed by atoms with Gasteiger partial charge in [0.15, 0.2) is 5.78 Å². The number of thioether (sulfide) groups is 1. The topological polar surface area (TPSA) is 68.6 Å². The Balaban J connectivity index is 2.14. The van der Waals surface area contributed by atoms with E-state index >= 15 is 0 Å². The fourth-order valence-electron chi connectivity index (χ4n) is 4.48. The van der Waals surface area contributed by atoms with E-state index in [0.717, 1.165) is 41.4 Å². The number of anilines is 1. The molecular weight excluding hydrogens is 504 g/mol. The Bertz CT molecular complexity index is 1260. The van der Waals surface area contributed by atoms with Crippen LogP contribution in [0.4, 0.5) is 5.69 Å². The molecule has 0 saturated heterocycles. The van der Waals surface area contributed by atoms with Crippen molar-refractivity contribution >= 4 is 51.1 Å². The number of esters is 1. The average molecular weight is 545 g/mol. The van der Waals surface area contributed by atoms with Crippen LogP contribution in [0, 0.1) is 0 Å². The van der Waals surface area contributed by atoms with Crippen molar-refractivity contribution < 1.29 is 14.3 Å². The molecule has 0 atom stereocenters. The van der Waals surface area contributed by atoms with Crippen molar-refractivity contribution in [1.29, 1.82) is 0 Å². The molecule has 6 nitrogen and oxygen atoms in total. The zero-order valence-electron chi connectivity index (χ0n) is 22.6. The summed E-state index contributed by atoms with van der Waals surface area (Å²) < 4.78 is 7.82. The maximum Gasteiger partial charge on any atom is 0.344 e. The molecule has 0 aliphatic carbocycles. The van der Waals surface area contributed by atoms with Crippen molar-refractivity contribution in [1.82, 2.24) is 4.57 Å². The summed E-state index contributed by atoms with van der Waals surface area (Å²) in [5.74, 6) is -0.901. The van der Waals surface area contributed by atoms with Crippen molar-refractivity contribution in [3.05, 3.63) is 43.8 Å². The Kier molecular flexibility index (Phi) is 11.5. The molecule has 0 amide bonds. The summed E-state index contributed by atoms with van der Waals surface area (Å²) in [5.41, 5.74) is 0.965. The van der Waals surface area contributed by atoms with E-state index in [1.165, 1.54) is 37.0 Å². The highest BCUT2D eigenvalue weighted by atomic mass is 32.2. The molecule has 0 N–H and O–H groups in total. The monoisotopic (exact) mass is 544 g/mol. The number of hydrogen-bond acceptors (Lipinski definition) is 7. The number of thiazole rings is 1. The molecule has 3 rings (SSSR count). The van der Waals surface area contributed by atoms with Crippen molar-refractivity contribution in [3.8, 4) is 0 Å². The van der Waals surface area contributed by atoms with Gasteiger partial charge in [-0.2, -0.15) is 0 Å². The molecule has 0 radical (unpaired) electrons. The number of unbranched alkanes of at least 4 members (excludes halogenated alkanes) is 6. The molecule has 1 aromatic carbocycles. The van der Waals surface area contributed by atoms with E-state index in [9.17, 15) is 14.4 Å². The third-order valence-electron chi connectivity index (χ3n) is 6.47. The van der Waals surface area contributed by atoms with Crippen LogP contribution in [0.1, 0.15) is 85.5 Å². The fraction of sp³-hybridized carbons (Fsp3) is 0.552. The van der Waals surface area contributed by atoms with E-state index in [4.69, 9.17) is 4.74 Å². The lowest BCUT2D eigenvalue weighted by Gasteiger charge is -2.19. The third kappa shape index (κ3) is 6.96. The zero-order chi connectivity index (χ0) is 26.8. The number of ether oxygens (including phenoxy) is 1. The predicted octanol–water partition coefficient (Wildman–Crippen LogP) is 5.44. The van der Waals surface area contributed by atoms with Crippen LogP contribution in [-0.4, -0.2) is 29.5 Å². The summed E-state index contributed by atoms with van der Waals surface area (Å²) >= 11 is 2.85. The van der Waals surface area contributed by atoms with Crippen LogP contribution in [0.25, 0.3) is 10.6 Å². The minimum Gasteiger partial charge on any atom is -0.462 e. The molecule has 2 aromatic rings. The number of carbonyl (C=O) groups excluding carboxylic acids is 2. The van der Waals surface area contributed by atoms with Gasteiger partial charge in [0.25, 0.3) is 5.56 Å². The highest BCUT2D eigenvalue weighted by Crippen LogP contribution is 2.46. The van der Waals surface area contributed by atoms with E-state index < -0.39 is 5.97 Å². The number of Topliss-reactive ketones (excluding diaryl/α,β-unsaturated/α-hetero) is 1. The van der Waals surface area contributed by atoms with Crippen LogP contribution in [-0.2, 0) is 20.9 Å². The predicted molar refractivity (Wildman–Crippen MR) is 155 cm³/mol. The SMILES string of the molecule is CCCCCCCCN1C(=c2sc(=C(C(=O)CCCC)C(=O)OCC)n(CC)c2=O)Sc2ccccc21. The second-order valence-electron chi connectivity index (χ2n) is 9.20. The van der Waals surface area contributed by atoms with E-state index in [1.807, 2.05) is 26.0 Å². The first-order valence-electron chi connectivity index (χ1n) is 13.7. The lowest BCUT2D eigenvalue weighted by Crippen LogP contribution is -2.36. The van der Waals surface area contributed by atoms with Crippen molar-refractivity contribution in [2.75, 3.05) is 18.1 Å². The Morgan fingerprint density at radius 3 is 2.32 bits per heavy atom. The molecule has 202 valence electrons. The van der Waals surface area contributed by atoms with Crippen LogP contribution < -0.4 is 19.7 Å². The zero-order valence-corrected chi connectivity index (χ0v) is 24.3. The van der Waals surface area contributed by atoms with Gasteiger partial charge in [0, 0.05) is 24.4 Å². The first kappa shape index (κ1) is 29.2. The molecule has 0 saturated carbocycles. The van der Waals surface area contributed by atoms with Gasteiger partial charge in [-0.15, -0.1) is 11.3 Å². The van der Waals surface area contributed by atoms with E-state index in [-0.39, 0.29) is 29.9 Å². The third-order valence-corrected chi connectivity index (χ3v) is 8.97.